The molecule has 1 amide bonds. The predicted octanol–water partition coefficient (Wildman–Crippen LogP) is -0.129. The van der Waals surface area contributed by atoms with E-state index in [2.05, 4.69) is 15.5 Å². The number of aliphatic hydroxyl groups excluding tert-OH is 1. The molecule has 1 aromatic rings. The maximum absolute atomic E-state index is 11.8. The lowest BCUT2D eigenvalue weighted by molar-refractivity contribution is -0.136. The molecule has 1 aliphatic heterocycles. The molecule has 0 bridgehead atoms. The molecule has 0 aromatic carbocycles. The van der Waals surface area contributed by atoms with E-state index in [9.17, 15) is 9.90 Å². The largest absolute Gasteiger partial charge is 0.390 e. The number of methoxy groups -OCH3 is 1. The van der Waals surface area contributed by atoms with Gasteiger partial charge in [0.15, 0.2) is 0 Å². The number of aromatic nitrogens is 2. The van der Waals surface area contributed by atoms with Crippen LogP contribution in [0.25, 0.3) is 0 Å². The van der Waals surface area contributed by atoms with E-state index in [1.54, 1.807) is 13.3 Å². The van der Waals surface area contributed by atoms with Crippen LogP contribution in [0.3, 0.4) is 0 Å². The van der Waals surface area contributed by atoms with Gasteiger partial charge in [0.25, 0.3) is 0 Å². The number of aliphatic hydroxyl groups is 1. The van der Waals surface area contributed by atoms with E-state index in [4.69, 9.17) is 9.47 Å². The molecule has 2 heterocycles. The van der Waals surface area contributed by atoms with Crippen molar-refractivity contribution in [1.82, 2.24) is 15.5 Å². The van der Waals surface area contributed by atoms with E-state index in [-0.39, 0.29) is 17.9 Å². The second-order valence-corrected chi connectivity index (χ2v) is 5.33. The summed E-state index contributed by atoms with van der Waals surface area (Å²) in [4.78, 5) is 11.8. The number of hydrogen-bond acceptors (Lipinski definition) is 5. The van der Waals surface area contributed by atoms with Crippen molar-refractivity contribution < 1.29 is 19.4 Å². The summed E-state index contributed by atoms with van der Waals surface area (Å²) >= 11 is 0. The topological polar surface area (TPSA) is 96.5 Å². The molecule has 118 valence electrons. The molecule has 1 aromatic heterocycles. The van der Waals surface area contributed by atoms with E-state index in [0.29, 0.717) is 26.2 Å². The SMILES string of the molecule is CO[C@@H]1COC[C@@H](CNC(=O)CCCc2cn[nH]c2)[C@@H]1O. The molecule has 0 aliphatic carbocycles. The summed E-state index contributed by atoms with van der Waals surface area (Å²) in [7, 11) is 1.55. The van der Waals surface area contributed by atoms with Gasteiger partial charge in [-0.15, -0.1) is 0 Å². The van der Waals surface area contributed by atoms with Gasteiger partial charge in [-0.25, -0.2) is 0 Å². The van der Waals surface area contributed by atoms with Crippen molar-refractivity contribution in [2.75, 3.05) is 26.9 Å². The minimum atomic E-state index is -0.602. The summed E-state index contributed by atoms with van der Waals surface area (Å²) in [5, 5.41) is 19.5. The molecular formula is C14H23N3O4. The lowest BCUT2D eigenvalue weighted by Crippen LogP contribution is -2.49. The van der Waals surface area contributed by atoms with E-state index < -0.39 is 6.10 Å². The van der Waals surface area contributed by atoms with E-state index in [0.717, 1.165) is 18.4 Å². The van der Waals surface area contributed by atoms with Gasteiger partial charge in [-0.05, 0) is 18.4 Å². The highest BCUT2D eigenvalue weighted by Crippen LogP contribution is 2.16. The molecular weight excluding hydrogens is 274 g/mol. The van der Waals surface area contributed by atoms with Gasteiger partial charge >= 0.3 is 0 Å². The fourth-order valence-electron chi connectivity index (χ4n) is 2.42. The fourth-order valence-corrected chi connectivity index (χ4v) is 2.42. The minimum absolute atomic E-state index is 0.00904. The zero-order chi connectivity index (χ0) is 15.1. The first-order valence-electron chi connectivity index (χ1n) is 7.23. The summed E-state index contributed by atoms with van der Waals surface area (Å²) in [6, 6.07) is 0. The van der Waals surface area contributed by atoms with Gasteiger partial charge in [0.2, 0.25) is 5.91 Å². The highest BCUT2D eigenvalue weighted by Gasteiger charge is 2.32. The van der Waals surface area contributed by atoms with Crippen LogP contribution in [0, 0.1) is 5.92 Å². The van der Waals surface area contributed by atoms with Gasteiger partial charge < -0.3 is 19.9 Å². The summed E-state index contributed by atoms with van der Waals surface area (Å²) in [5.74, 6) is -0.133. The van der Waals surface area contributed by atoms with Crippen molar-refractivity contribution in [3.8, 4) is 0 Å². The number of nitrogens with one attached hydrogen (secondary N) is 2. The molecule has 1 aliphatic rings. The van der Waals surface area contributed by atoms with Crippen LogP contribution >= 0.6 is 0 Å². The molecule has 0 unspecified atom stereocenters. The molecule has 3 atom stereocenters. The second kappa shape index (κ2) is 8.11. The van der Waals surface area contributed by atoms with Gasteiger partial charge in [-0.3, -0.25) is 9.89 Å². The molecule has 0 radical (unpaired) electrons. The molecule has 2 rings (SSSR count). The Morgan fingerprint density at radius 3 is 3.19 bits per heavy atom. The standard InChI is InChI=1S/C14H23N3O4/c1-20-12-9-21-8-11(14(12)19)7-15-13(18)4-2-3-10-5-16-17-6-10/h5-6,11-12,14,19H,2-4,7-9H2,1H3,(H,15,18)(H,16,17)/t11-,12-,14+/m1/s1. The molecule has 7 nitrogen and oxygen atoms in total. The first-order chi connectivity index (χ1) is 10.2. The Kier molecular flexibility index (Phi) is 6.16. The van der Waals surface area contributed by atoms with E-state index in [1.807, 2.05) is 6.20 Å². The van der Waals surface area contributed by atoms with Crippen LogP contribution in [-0.4, -0.2) is 60.3 Å². The van der Waals surface area contributed by atoms with Crippen molar-refractivity contribution >= 4 is 5.91 Å². The average molecular weight is 297 g/mol. The Hall–Kier alpha value is -1.44. The van der Waals surface area contributed by atoms with Crippen LogP contribution in [0.4, 0.5) is 0 Å². The van der Waals surface area contributed by atoms with Crippen molar-refractivity contribution in [2.45, 2.75) is 31.5 Å². The molecule has 3 N–H and O–H groups in total. The average Bonchev–Trinajstić information content (AvgIpc) is 2.99. The zero-order valence-corrected chi connectivity index (χ0v) is 12.2. The third-order valence-electron chi connectivity index (χ3n) is 3.77. The third kappa shape index (κ3) is 4.80. The van der Waals surface area contributed by atoms with E-state index in [1.165, 1.54) is 0 Å². The molecule has 1 saturated heterocycles. The first kappa shape index (κ1) is 15.9. The Balaban J connectivity index is 1.64. The Morgan fingerprint density at radius 2 is 2.48 bits per heavy atom. The highest BCUT2D eigenvalue weighted by molar-refractivity contribution is 5.75. The van der Waals surface area contributed by atoms with Crippen molar-refractivity contribution in [3.05, 3.63) is 18.0 Å². The quantitative estimate of drug-likeness (QED) is 0.651. The number of rotatable bonds is 7. The molecule has 21 heavy (non-hydrogen) atoms. The number of hydrogen-bond donors (Lipinski definition) is 3. The maximum Gasteiger partial charge on any atom is 0.220 e. The van der Waals surface area contributed by atoms with Gasteiger partial charge in [-0.2, -0.15) is 5.10 Å². The number of aromatic amines is 1. The normalized spacial score (nSPS) is 25.7. The lowest BCUT2D eigenvalue weighted by Gasteiger charge is -2.33. The van der Waals surface area contributed by atoms with Crippen LogP contribution in [-0.2, 0) is 20.7 Å². The van der Waals surface area contributed by atoms with Crippen LogP contribution in [0.2, 0.25) is 0 Å². The first-order valence-corrected chi connectivity index (χ1v) is 7.23. The Morgan fingerprint density at radius 1 is 1.62 bits per heavy atom. The summed E-state index contributed by atoms with van der Waals surface area (Å²) < 4.78 is 10.5. The van der Waals surface area contributed by atoms with Crippen LogP contribution < -0.4 is 5.32 Å². The zero-order valence-electron chi connectivity index (χ0n) is 12.2. The lowest BCUT2D eigenvalue weighted by atomic mass is 9.96. The number of amides is 1. The molecule has 1 fully saturated rings. The number of carbonyl (C=O) groups is 1. The van der Waals surface area contributed by atoms with Crippen molar-refractivity contribution in [3.63, 3.8) is 0 Å². The maximum atomic E-state index is 11.8. The van der Waals surface area contributed by atoms with Crippen LogP contribution in [0.5, 0.6) is 0 Å². The minimum Gasteiger partial charge on any atom is -0.390 e. The number of nitrogens with zero attached hydrogens (tertiary/aromatic N) is 1. The number of ether oxygens (including phenoxy) is 2. The highest BCUT2D eigenvalue weighted by atomic mass is 16.5. The smallest absolute Gasteiger partial charge is 0.220 e. The van der Waals surface area contributed by atoms with Crippen LogP contribution in [0.1, 0.15) is 18.4 Å². The number of aryl methyl sites for hydroxylation is 1. The van der Waals surface area contributed by atoms with Gasteiger partial charge in [0, 0.05) is 32.2 Å². The van der Waals surface area contributed by atoms with Gasteiger partial charge in [-0.1, -0.05) is 0 Å². The predicted molar refractivity (Wildman–Crippen MR) is 75.6 cm³/mol. The van der Waals surface area contributed by atoms with Crippen molar-refractivity contribution in [2.24, 2.45) is 5.92 Å². The Bertz CT molecular complexity index is 424. The van der Waals surface area contributed by atoms with Gasteiger partial charge in [0.1, 0.15) is 6.10 Å². The second-order valence-electron chi connectivity index (χ2n) is 5.33. The Labute approximate surface area is 124 Å². The number of carbonyl (C=O) groups excluding carboxylic acids is 1. The van der Waals surface area contributed by atoms with Gasteiger partial charge in [0.05, 0.1) is 25.5 Å². The monoisotopic (exact) mass is 297 g/mol. The third-order valence-corrected chi connectivity index (χ3v) is 3.77. The molecule has 0 saturated carbocycles. The summed E-state index contributed by atoms with van der Waals surface area (Å²) in [6.45, 7) is 1.24. The summed E-state index contributed by atoms with van der Waals surface area (Å²) in [6.07, 6.45) is 4.73. The summed E-state index contributed by atoms with van der Waals surface area (Å²) in [5.41, 5.74) is 1.10. The van der Waals surface area contributed by atoms with Crippen molar-refractivity contribution in [1.29, 1.82) is 0 Å². The fraction of sp³-hybridized carbons (Fsp3) is 0.714. The van der Waals surface area contributed by atoms with E-state index >= 15 is 0 Å². The molecule has 0 spiro atoms. The van der Waals surface area contributed by atoms with Crippen LogP contribution in [0.15, 0.2) is 12.4 Å². The molecule has 7 heteroatoms. The number of H-pyrrole nitrogens is 1.